The summed E-state index contributed by atoms with van der Waals surface area (Å²) in [7, 11) is 4.04. The van der Waals surface area contributed by atoms with Gasteiger partial charge in [-0.15, -0.1) is 0 Å². The van der Waals surface area contributed by atoms with Gasteiger partial charge in [0.25, 0.3) is 0 Å². The topological polar surface area (TPSA) is 49.2 Å². The number of halogens is 1. The van der Waals surface area contributed by atoms with Crippen LogP contribution in [0, 0.1) is 0 Å². The van der Waals surface area contributed by atoms with Crippen LogP contribution in [0.1, 0.15) is 37.0 Å². The molecule has 6 heteroatoms. The Kier molecular flexibility index (Phi) is 11.3. The van der Waals surface area contributed by atoms with Gasteiger partial charge in [-0.3, -0.25) is 0 Å². The average molecular weight is 346 g/mol. The summed E-state index contributed by atoms with van der Waals surface area (Å²) in [6, 6.07) is 5.19. The molecule has 0 aliphatic heterocycles. The second-order valence-corrected chi connectivity index (χ2v) is 5.45. The molecule has 0 heterocycles. The van der Waals surface area contributed by atoms with Gasteiger partial charge in [-0.25, -0.2) is 4.79 Å². The summed E-state index contributed by atoms with van der Waals surface area (Å²) in [5.41, 5.74) is 0.490. The summed E-state index contributed by atoms with van der Waals surface area (Å²) in [5, 5.41) is 0. The van der Waals surface area contributed by atoms with Crippen molar-refractivity contribution in [3.63, 3.8) is 0 Å². The molecule has 132 valence electrons. The van der Waals surface area contributed by atoms with Crippen LogP contribution in [-0.4, -0.2) is 46.4 Å². The van der Waals surface area contributed by atoms with E-state index in [1.54, 1.807) is 18.2 Å². The third kappa shape index (κ3) is 8.09. The first-order chi connectivity index (χ1) is 10.6. The van der Waals surface area contributed by atoms with Crippen LogP contribution < -0.4 is 26.8 Å². The van der Waals surface area contributed by atoms with Crippen LogP contribution in [0.4, 0.5) is 0 Å². The fourth-order valence-corrected chi connectivity index (χ4v) is 1.72. The summed E-state index contributed by atoms with van der Waals surface area (Å²) in [6.45, 7) is 6.48. The molecule has 0 saturated heterocycles. The van der Waals surface area contributed by atoms with Gasteiger partial charge >= 0.3 is 5.97 Å². The molecule has 0 aromatic heterocycles. The van der Waals surface area contributed by atoms with Gasteiger partial charge in [0.15, 0.2) is 11.5 Å². The first-order valence-electron chi connectivity index (χ1n) is 7.94. The van der Waals surface area contributed by atoms with Crippen LogP contribution in [0.3, 0.4) is 0 Å². The van der Waals surface area contributed by atoms with Crippen molar-refractivity contribution in [2.45, 2.75) is 26.7 Å². The van der Waals surface area contributed by atoms with Crippen LogP contribution in [-0.2, 0) is 4.74 Å². The standard InChI is InChI=1S/C17H27NO4.ClH/c1-5-10-20-15-8-7-14(13-16(15)21-11-6-2)17(19)22-12-9-18(3)4;/h7-8,13H,5-6,9-12H2,1-4H3;1H. The molecule has 0 spiro atoms. The zero-order chi connectivity index (χ0) is 16.4. The number of hydrogen-bond acceptors (Lipinski definition) is 4. The molecule has 1 aromatic carbocycles. The van der Waals surface area contributed by atoms with E-state index in [-0.39, 0.29) is 18.4 Å². The summed E-state index contributed by atoms with van der Waals surface area (Å²) in [6.07, 6.45) is 1.82. The van der Waals surface area contributed by atoms with E-state index in [2.05, 4.69) is 0 Å². The van der Waals surface area contributed by atoms with Crippen molar-refractivity contribution in [2.75, 3.05) is 40.5 Å². The minimum atomic E-state index is -0.329. The second-order valence-electron chi connectivity index (χ2n) is 5.45. The number of benzene rings is 1. The van der Waals surface area contributed by atoms with Crippen LogP contribution in [0.5, 0.6) is 11.5 Å². The molecule has 0 atom stereocenters. The Balaban J connectivity index is 0.00000484. The van der Waals surface area contributed by atoms with Gasteiger partial charge in [0.2, 0.25) is 0 Å². The fraction of sp³-hybridized carbons (Fsp3) is 0.588. The minimum Gasteiger partial charge on any atom is -1.00 e. The maximum atomic E-state index is 12.0. The second kappa shape index (κ2) is 12.0. The van der Waals surface area contributed by atoms with E-state index in [9.17, 15) is 4.79 Å². The Morgan fingerprint density at radius 2 is 1.61 bits per heavy atom. The lowest BCUT2D eigenvalue weighted by atomic mass is 10.2. The summed E-state index contributed by atoms with van der Waals surface area (Å²) >= 11 is 0. The molecular formula is C17H28ClNO4. The van der Waals surface area contributed by atoms with Gasteiger partial charge in [0.05, 0.1) is 32.9 Å². The van der Waals surface area contributed by atoms with Gasteiger partial charge in [0, 0.05) is 0 Å². The minimum absolute atomic E-state index is 0. The van der Waals surface area contributed by atoms with E-state index < -0.39 is 0 Å². The van der Waals surface area contributed by atoms with Gasteiger partial charge in [0.1, 0.15) is 13.2 Å². The van der Waals surface area contributed by atoms with Crippen molar-refractivity contribution < 1.29 is 36.3 Å². The lowest BCUT2D eigenvalue weighted by Crippen LogP contribution is -3.06. The highest BCUT2D eigenvalue weighted by Crippen LogP contribution is 2.29. The molecule has 1 aromatic rings. The number of carbonyl (C=O) groups is 1. The summed E-state index contributed by atoms with van der Waals surface area (Å²) < 4.78 is 16.6. The Morgan fingerprint density at radius 1 is 1.00 bits per heavy atom. The van der Waals surface area contributed by atoms with Crippen molar-refractivity contribution >= 4 is 5.97 Å². The molecule has 0 unspecified atom stereocenters. The smallest absolute Gasteiger partial charge is 0.338 e. The molecule has 0 fully saturated rings. The molecule has 1 N–H and O–H groups in total. The van der Waals surface area contributed by atoms with E-state index in [1.807, 2.05) is 27.9 Å². The molecule has 5 nitrogen and oxygen atoms in total. The Morgan fingerprint density at radius 3 is 2.17 bits per heavy atom. The van der Waals surface area contributed by atoms with Crippen molar-refractivity contribution in [3.05, 3.63) is 23.8 Å². The van der Waals surface area contributed by atoms with Crippen molar-refractivity contribution in [1.82, 2.24) is 0 Å². The maximum Gasteiger partial charge on any atom is 0.338 e. The van der Waals surface area contributed by atoms with Crippen molar-refractivity contribution in [1.29, 1.82) is 0 Å². The predicted octanol–water partition coefficient (Wildman–Crippen LogP) is -1.43. The molecule has 0 aliphatic rings. The third-order valence-corrected chi connectivity index (χ3v) is 2.94. The van der Waals surface area contributed by atoms with Crippen molar-refractivity contribution in [3.8, 4) is 11.5 Å². The largest absolute Gasteiger partial charge is 1.00 e. The van der Waals surface area contributed by atoms with Crippen LogP contribution in [0.25, 0.3) is 0 Å². The lowest BCUT2D eigenvalue weighted by Gasteiger charge is -2.13. The number of hydrogen-bond donors (Lipinski definition) is 1. The highest BCUT2D eigenvalue weighted by molar-refractivity contribution is 5.90. The summed E-state index contributed by atoms with van der Waals surface area (Å²) in [5.74, 6) is 0.942. The highest BCUT2D eigenvalue weighted by atomic mass is 35.5. The zero-order valence-corrected chi connectivity index (χ0v) is 15.2. The number of nitrogens with one attached hydrogen (secondary N) is 1. The molecule has 0 bridgehead atoms. The van der Waals surface area contributed by atoms with Crippen LogP contribution in [0.2, 0.25) is 0 Å². The van der Waals surface area contributed by atoms with Gasteiger partial charge in [-0.2, -0.15) is 0 Å². The molecule has 23 heavy (non-hydrogen) atoms. The number of esters is 1. The fourth-order valence-electron chi connectivity index (χ4n) is 1.72. The normalized spacial score (nSPS) is 10.1. The Labute approximate surface area is 145 Å². The molecule has 0 saturated carbocycles. The first kappa shape index (κ1) is 21.5. The SMILES string of the molecule is CCCOc1ccc(C(=O)OCC[NH+](C)C)cc1OCCC.[Cl-]. The zero-order valence-electron chi connectivity index (χ0n) is 14.5. The quantitative estimate of drug-likeness (QED) is 0.528. The number of quaternary nitrogens is 1. The van der Waals surface area contributed by atoms with Crippen LogP contribution >= 0.6 is 0 Å². The van der Waals surface area contributed by atoms with Gasteiger partial charge < -0.3 is 31.5 Å². The van der Waals surface area contributed by atoms with Gasteiger partial charge in [-0.1, -0.05) is 13.8 Å². The number of rotatable bonds is 10. The third-order valence-electron chi connectivity index (χ3n) is 2.94. The van der Waals surface area contributed by atoms with E-state index in [0.29, 0.717) is 36.9 Å². The van der Waals surface area contributed by atoms with E-state index in [0.717, 1.165) is 19.4 Å². The highest BCUT2D eigenvalue weighted by Gasteiger charge is 2.13. The average Bonchev–Trinajstić information content (AvgIpc) is 2.50. The maximum absolute atomic E-state index is 12.0. The molecule has 0 radical (unpaired) electrons. The van der Waals surface area contributed by atoms with E-state index >= 15 is 0 Å². The van der Waals surface area contributed by atoms with E-state index in [1.165, 1.54) is 4.90 Å². The van der Waals surface area contributed by atoms with Crippen LogP contribution in [0.15, 0.2) is 18.2 Å². The summed E-state index contributed by atoms with van der Waals surface area (Å²) in [4.78, 5) is 13.3. The molecule has 0 amide bonds. The molecule has 0 aliphatic carbocycles. The van der Waals surface area contributed by atoms with E-state index in [4.69, 9.17) is 14.2 Å². The molecule has 1 rings (SSSR count). The molecular weight excluding hydrogens is 318 g/mol. The number of ether oxygens (including phenoxy) is 3. The number of carbonyl (C=O) groups excluding carboxylic acids is 1. The van der Waals surface area contributed by atoms with Gasteiger partial charge in [-0.05, 0) is 31.0 Å². The lowest BCUT2D eigenvalue weighted by molar-refractivity contribution is -0.858. The monoisotopic (exact) mass is 345 g/mol. The predicted molar refractivity (Wildman–Crippen MR) is 86.0 cm³/mol. The van der Waals surface area contributed by atoms with Crippen molar-refractivity contribution in [2.24, 2.45) is 0 Å². The first-order valence-corrected chi connectivity index (χ1v) is 7.94. The Hall–Kier alpha value is -1.46. The number of likely N-dealkylation sites (N-methyl/N-ethyl adjacent to an activating group) is 1. The Bertz CT molecular complexity index is 466.